The van der Waals surface area contributed by atoms with Gasteiger partial charge in [0.25, 0.3) is 5.56 Å². The van der Waals surface area contributed by atoms with Crippen LogP contribution in [0.4, 0.5) is 5.82 Å². The van der Waals surface area contributed by atoms with Crippen molar-refractivity contribution in [3.05, 3.63) is 51.6 Å². The maximum atomic E-state index is 13.0. The summed E-state index contributed by atoms with van der Waals surface area (Å²) in [4.78, 5) is 20.3. The second kappa shape index (κ2) is 6.81. The minimum absolute atomic E-state index is 0.0200. The Balaban J connectivity index is 1.71. The van der Waals surface area contributed by atoms with Crippen molar-refractivity contribution in [2.75, 3.05) is 18.0 Å². The van der Waals surface area contributed by atoms with Crippen LogP contribution in [-0.4, -0.2) is 22.6 Å². The lowest BCUT2D eigenvalue weighted by Crippen LogP contribution is -2.33. The normalized spacial score (nSPS) is 24.9. The first-order valence-corrected chi connectivity index (χ1v) is 10.4. The Bertz CT molecular complexity index is 916. The van der Waals surface area contributed by atoms with E-state index in [1.165, 1.54) is 37.7 Å². The van der Waals surface area contributed by atoms with Crippen LogP contribution in [0.3, 0.4) is 0 Å². The standard InChI is InChI=1S/C23H31N3O/c1-5-23-12-7-6-10-19(23)14-25(15-23)21-13-22(27)26(18(4)24-21)20-11-8-9-16(2)17(20)3/h8-9,11,13,19H,5-7,10,12,14-15H2,1-4H3/t19-,23+/m1/s1. The van der Waals surface area contributed by atoms with E-state index in [9.17, 15) is 4.79 Å². The molecule has 0 bridgehead atoms. The summed E-state index contributed by atoms with van der Waals surface area (Å²) in [6.45, 7) is 10.5. The highest BCUT2D eigenvalue weighted by molar-refractivity contribution is 5.48. The largest absolute Gasteiger partial charge is 0.356 e. The van der Waals surface area contributed by atoms with Gasteiger partial charge in [-0.05, 0) is 68.6 Å². The first kappa shape index (κ1) is 18.3. The molecular weight excluding hydrogens is 334 g/mol. The predicted molar refractivity (Wildman–Crippen MR) is 111 cm³/mol. The van der Waals surface area contributed by atoms with Crippen molar-refractivity contribution in [2.45, 2.75) is 59.8 Å². The van der Waals surface area contributed by atoms with Crippen molar-refractivity contribution in [1.29, 1.82) is 0 Å². The molecule has 4 heteroatoms. The molecule has 1 aliphatic heterocycles. The summed E-state index contributed by atoms with van der Waals surface area (Å²) >= 11 is 0. The minimum atomic E-state index is 0.0200. The second-order valence-corrected chi connectivity index (χ2v) is 8.59. The van der Waals surface area contributed by atoms with E-state index in [0.717, 1.165) is 41.9 Å². The van der Waals surface area contributed by atoms with E-state index in [1.807, 2.05) is 19.1 Å². The Kier molecular flexibility index (Phi) is 4.61. The molecule has 1 aromatic carbocycles. The zero-order chi connectivity index (χ0) is 19.2. The fraction of sp³-hybridized carbons (Fsp3) is 0.565. The van der Waals surface area contributed by atoms with Gasteiger partial charge in [-0.3, -0.25) is 9.36 Å². The smallest absolute Gasteiger partial charge is 0.260 e. The molecule has 27 heavy (non-hydrogen) atoms. The Hall–Kier alpha value is -2.10. The second-order valence-electron chi connectivity index (χ2n) is 8.59. The van der Waals surface area contributed by atoms with Crippen molar-refractivity contribution >= 4 is 5.82 Å². The van der Waals surface area contributed by atoms with Gasteiger partial charge in [0.05, 0.1) is 5.69 Å². The first-order chi connectivity index (χ1) is 12.9. The molecule has 144 valence electrons. The topological polar surface area (TPSA) is 38.1 Å². The minimum Gasteiger partial charge on any atom is -0.356 e. The molecule has 1 saturated heterocycles. The van der Waals surface area contributed by atoms with Crippen LogP contribution in [0.1, 0.15) is 56.0 Å². The molecule has 0 radical (unpaired) electrons. The van der Waals surface area contributed by atoms with Gasteiger partial charge >= 0.3 is 0 Å². The number of hydrogen-bond acceptors (Lipinski definition) is 3. The maximum Gasteiger partial charge on any atom is 0.260 e. The number of aryl methyl sites for hydroxylation is 2. The average Bonchev–Trinajstić information content (AvgIpc) is 3.05. The summed E-state index contributed by atoms with van der Waals surface area (Å²) in [7, 11) is 0. The summed E-state index contributed by atoms with van der Waals surface area (Å²) in [5.74, 6) is 2.38. The number of nitrogens with zero attached hydrogens (tertiary/aromatic N) is 3. The van der Waals surface area contributed by atoms with E-state index < -0.39 is 0 Å². The summed E-state index contributed by atoms with van der Waals surface area (Å²) in [6, 6.07) is 7.84. The quantitative estimate of drug-likeness (QED) is 0.800. The van der Waals surface area contributed by atoms with Crippen molar-refractivity contribution in [1.82, 2.24) is 9.55 Å². The molecule has 4 nitrogen and oxygen atoms in total. The summed E-state index contributed by atoms with van der Waals surface area (Å²) in [6.07, 6.45) is 6.57. The van der Waals surface area contributed by atoms with Gasteiger partial charge in [-0.25, -0.2) is 4.98 Å². The molecule has 1 saturated carbocycles. The summed E-state index contributed by atoms with van der Waals surface area (Å²) in [5.41, 5.74) is 3.71. The fourth-order valence-corrected chi connectivity index (χ4v) is 5.35. The van der Waals surface area contributed by atoms with Crippen LogP contribution in [0, 0.1) is 32.1 Å². The van der Waals surface area contributed by atoms with E-state index in [2.05, 4.69) is 31.7 Å². The zero-order valence-electron chi connectivity index (χ0n) is 17.1. The number of benzene rings is 1. The SMILES string of the molecule is CC[C@@]12CCCC[C@@H]1CN(c1cc(=O)n(-c3cccc(C)c3C)c(C)n1)C2. The number of rotatable bonds is 3. The van der Waals surface area contributed by atoms with Gasteiger partial charge in [0.1, 0.15) is 11.6 Å². The summed E-state index contributed by atoms with van der Waals surface area (Å²) < 4.78 is 1.75. The Labute approximate surface area is 162 Å². The van der Waals surface area contributed by atoms with Crippen LogP contribution in [0.15, 0.2) is 29.1 Å². The highest BCUT2D eigenvalue weighted by atomic mass is 16.1. The molecule has 0 spiro atoms. The van der Waals surface area contributed by atoms with Gasteiger partial charge in [0.15, 0.2) is 0 Å². The van der Waals surface area contributed by atoms with Crippen LogP contribution >= 0.6 is 0 Å². The van der Waals surface area contributed by atoms with Crippen LogP contribution < -0.4 is 10.5 Å². The van der Waals surface area contributed by atoms with Gasteiger partial charge < -0.3 is 4.90 Å². The van der Waals surface area contributed by atoms with Crippen LogP contribution in [0.5, 0.6) is 0 Å². The number of aromatic nitrogens is 2. The molecule has 4 rings (SSSR count). The molecule has 0 N–H and O–H groups in total. The van der Waals surface area contributed by atoms with Crippen molar-refractivity contribution in [3.63, 3.8) is 0 Å². The van der Waals surface area contributed by atoms with Gasteiger partial charge in [0.2, 0.25) is 0 Å². The van der Waals surface area contributed by atoms with Gasteiger partial charge in [-0.1, -0.05) is 31.9 Å². The molecule has 2 aromatic rings. The molecule has 2 fully saturated rings. The third-order valence-corrected chi connectivity index (χ3v) is 7.21. The monoisotopic (exact) mass is 365 g/mol. The van der Waals surface area contributed by atoms with Gasteiger partial charge in [-0.2, -0.15) is 0 Å². The van der Waals surface area contributed by atoms with Gasteiger partial charge in [-0.15, -0.1) is 0 Å². The van der Waals surface area contributed by atoms with Crippen LogP contribution in [0.25, 0.3) is 5.69 Å². The van der Waals surface area contributed by atoms with E-state index >= 15 is 0 Å². The Morgan fingerprint density at radius 2 is 2.04 bits per heavy atom. The lowest BCUT2D eigenvalue weighted by molar-refractivity contribution is 0.144. The number of fused-ring (bicyclic) bond motifs is 1. The third-order valence-electron chi connectivity index (χ3n) is 7.21. The third kappa shape index (κ3) is 2.99. The number of anilines is 1. The van der Waals surface area contributed by atoms with Gasteiger partial charge in [0, 0.05) is 19.2 Å². The molecule has 0 unspecified atom stereocenters. The highest BCUT2D eigenvalue weighted by Crippen LogP contribution is 2.49. The average molecular weight is 366 g/mol. The van der Waals surface area contributed by atoms with E-state index in [4.69, 9.17) is 4.98 Å². The summed E-state index contributed by atoms with van der Waals surface area (Å²) in [5, 5.41) is 0. The molecule has 2 heterocycles. The zero-order valence-corrected chi connectivity index (χ0v) is 17.1. The predicted octanol–water partition coefficient (Wildman–Crippen LogP) is 4.56. The number of hydrogen-bond donors (Lipinski definition) is 0. The lowest BCUT2D eigenvalue weighted by atomic mass is 9.67. The molecule has 2 aliphatic rings. The molecule has 1 aliphatic carbocycles. The molecular formula is C23H31N3O. The van der Waals surface area contributed by atoms with E-state index in [-0.39, 0.29) is 5.56 Å². The highest BCUT2D eigenvalue weighted by Gasteiger charge is 2.46. The van der Waals surface area contributed by atoms with Crippen molar-refractivity contribution in [2.24, 2.45) is 11.3 Å². The van der Waals surface area contributed by atoms with Crippen molar-refractivity contribution in [3.8, 4) is 5.69 Å². The lowest BCUT2D eigenvalue weighted by Gasteiger charge is -2.37. The molecule has 2 atom stereocenters. The van der Waals surface area contributed by atoms with E-state index in [1.54, 1.807) is 10.6 Å². The molecule has 0 amide bonds. The van der Waals surface area contributed by atoms with Crippen LogP contribution in [0.2, 0.25) is 0 Å². The fourth-order valence-electron chi connectivity index (χ4n) is 5.35. The molecule has 1 aromatic heterocycles. The van der Waals surface area contributed by atoms with Crippen LogP contribution in [-0.2, 0) is 0 Å². The maximum absolute atomic E-state index is 13.0. The van der Waals surface area contributed by atoms with E-state index in [0.29, 0.717) is 5.41 Å². The first-order valence-electron chi connectivity index (χ1n) is 10.4. The Morgan fingerprint density at radius 3 is 2.74 bits per heavy atom. The van der Waals surface area contributed by atoms with Crippen molar-refractivity contribution < 1.29 is 0 Å². The Morgan fingerprint density at radius 1 is 1.22 bits per heavy atom.